The van der Waals surface area contributed by atoms with Gasteiger partial charge < -0.3 is 0 Å². The van der Waals surface area contributed by atoms with Gasteiger partial charge >= 0.3 is 0 Å². The van der Waals surface area contributed by atoms with E-state index in [1.54, 1.807) is 0 Å². The first-order valence-electron chi connectivity index (χ1n) is 5.88. The monoisotopic (exact) mass is 324 g/mol. The Labute approximate surface area is 105 Å². The number of alkyl halides is 2. The molecule has 2 heteroatoms. The lowest BCUT2D eigenvalue weighted by atomic mass is 9.79. The molecule has 1 aliphatic carbocycles. The van der Waals surface area contributed by atoms with Crippen molar-refractivity contribution in [2.45, 2.75) is 51.9 Å². The van der Waals surface area contributed by atoms with E-state index >= 15 is 0 Å². The molecule has 1 fully saturated rings. The Morgan fingerprint density at radius 3 is 2.14 bits per heavy atom. The Balaban J connectivity index is 2.47. The summed E-state index contributed by atoms with van der Waals surface area (Å²) in [6, 6.07) is 0. The standard InChI is InChI=1S/C12H22Br2/c1-2-7-12(9-13,10-14)8-11-5-3-4-6-11/h11H,2-10H2,1H3. The summed E-state index contributed by atoms with van der Waals surface area (Å²) in [5.41, 5.74) is 0.532. The van der Waals surface area contributed by atoms with Gasteiger partial charge in [-0.3, -0.25) is 0 Å². The van der Waals surface area contributed by atoms with Crippen LogP contribution in [0.25, 0.3) is 0 Å². The van der Waals surface area contributed by atoms with E-state index in [0.717, 1.165) is 16.6 Å². The van der Waals surface area contributed by atoms with Crippen LogP contribution in [0.3, 0.4) is 0 Å². The molecule has 0 unspecified atom stereocenters. The normalized spacial score (nSPS) is 19.1. The van der Waals surface area contributed by atoms with Crippen LogP contribution in [0.2, 0.25) is 0 Å². The Morgan fingerprint density at radius 2 is 1.71 bits per heavy atom. The average molecular weight is 326 g/mol. The lowest BCUT2D eigenvalue weighted by Crippen LogP contribution is -2.27. The van der Waals surface area contributed by atoms with Gasteiger partial charge in [-0.05, 0) is 24.2 Å². The molecule has 0 heterocycles. The van der Waals surface area contributed by atoms with Gasteiger partial charge in [0.1, 0.15) is 0 Å². The van der Waals surface area contributed by atoms with Gasteiger partial charge in [0.2, 0.25) is 0 Å². The molecule has 14 heavy (non-hydrogen) atoms. The minimum Gasteiger partial charge on any atom is -0.0922 e. The molecule has 1 rings (SSSR count). The molecule has 0 radical (unpaired) electrons. The van der Waals surface area contributed by atoms with Crippen molar-refractivity contribution in [2.24, 2.45) is 11.3 Å². The molecular formula is C12H22Br2. The van der Waals surface area contributed by atoms with Crippen LogP contribution in [0.5, 0.6) is 0 Å². The lowest BCUT2D eigenvalue weighted by Gasteiger charge is -2.32. The van der Waals surface area contributed by atoms with Crippen LogP contribution in [-0.4, -0.2) is 10.7 Å². The zero-order valence-electron chi connectivity index (χ0n) is 9.20. The third kappa shape index (κ3) is 3.52. The van der Waals surface area contributed by atoms with E-state index in [9.17, 15) is 0 Å². The second-order valence-electron chi connectivity index (χ2n) is 4.87. The van der Waals surface area contributed by atoms with Gasteiger partial charge in [-0.2, -0.15) is 0 Å². The van der Waals surface area contributed by atoms with E-state index in [1.807, 2.05) is 0 Å². The van der Waals surface area contributed by atoms with Gasteiger partial charge in [-0.15, -0.1) is 0 Å². The molecule has 1 aliphatic rings. The molecular weight excluding hydrogens is 304 g/mol. The Kier molecular flexibility index (Phi) is 6.07. The van der Waals surface area contributed by atoms with Crippen molar-refractivity contribution < 1.29 is 0 Å². The van der Waals surface area contributed by atoms with E-state index < -0.39 is 0 Å². The summed E-state index contributed by atoms with van der Waals surface area (Å²) in [6.45, 7) is 2.30. The van der Waals surface area contributed by atoms with Crippen LogP contribution in [-0.2, 0) is 0 Å². The van der Waals surface area contributed by atoms with Crippen molar-refractivity contribution in [3.05, 3.63) is 0 Å². The third-order valence-electron chi connectivity index (χ3n) is 3.54. The molecule has 0 nitrogen and oxygen atoms in total. The van der Waals surface area contributed by atoms with Crippen molar-refractivity contribution in [1.29, 1.82) is 0 Å². The first-order chi connectivity index (χ1) is 6.76. The van der Waals surface area contributed by atoms with Crippen LogP contribution in [0.1, 0.15) is 51.9 Å². The minimum atomic E-state index is 0.532. The van der Waals surface area contributed by atoms with Crippen LogP contribution in [0.4, 0.5) is 0 Å². The first-order valence-corrected chi connectivity index (χ1v) is 8.12. The zero-order chi connectivity index (χ0) is 10.4. The smallest absolute Gasteiger partial charge is 0.00960 e. The number of halogens is 2. The van der Waals surface area contributed by atoms with E-state index in [0.29, 0.717) is 5.41 Å². The Hall–Kier alpha value is 0.960. The van der Waals surface area contributed by atoms with Gasteiger partial charge in [0, 0.05) is 10.7 Å². The maximum atomic E-state index is 3.71. The molecule has 0 aromatic heterocycles. The molecule has 84 valence electrons. The molecule has 0 bridgehead atoms. The van der Waals surface area contributed by atoms with E-state index in [4.69, 9.17) is 0 Å². The highest BCUT2D eigenvalue weighted by atomic mass is 79.9. The summed E-state index contributed by atoms with van der Waals surface area (Å²) < 4.78 is 0. The van der Waals surface area contributed by atoms with Gasteiger partial charge in [0.05, 0.1) is 0 Å². The summed E-state index contributed by atoms with van der Waals surface area (Å²) in [7, 11) is 0. The summed E-state index contributed by atoms with van der Waals surface area (Å²) in [5, 5.41) is 2.32. The number of hydrogen-bond acceptors (Lipinski definition) is 0. The third-order valence-corrected chi connectivity index (χ3v) is 5.92. The summed E-state index contributed by atoms with van der Waals surface area (Å²) >= 11 is 7.42. The second kappa shape index (κ2) is 6.52. The van der Waals surface area contributed by atoms with Crippen LogP contribution >= 0.6 is 31.9 Å². The van der Waals surface area contributed by atoms with Crippen LogP contribution in [0, 0.1) is 11.3 Å². The Bertz CT molecular complexity index is 146. The molecule has 0 N–H and O–H groups in total. The SMILES string of the molecule is CCCC(CBr)(CBr)CC1CCCC1. The van der Waals surface area contributed by atoms with Gasteiger partial charge in [-0.25, -0.2) is 0 Å². The summed E-state index contributed by atoms with van der Waals surface area (Å²) in [6.07, 6.45) is 9.99. The largest absolute Gasteiger partial charge is 0.0922 e. The molecule has 0 aromatic rings. The van der Waals surface area contributed by atoms with Crippen molar-refractivity contribution in [1.82, 2.24) is 0 Å². The molecule has 0 aliphatic heterocycles. The first kappa shape index (κ1) is 13.0. The predicted octanol–water partition coefficient (Wildman–Crippen LogP) is 5.14. The maximum Gasteiger partial charge on any atom is 0.00960 e. The average Bonchev–Trinajstić information content (AvgIpc) is 2.69. The van der Waals surface area contributed by atoms with Crippen molar-refractivity contribution in [3.8, 4) is 0 Å². The quantitative estimate of drug-likeness (QED) is 0.593. The van der Waals surface area contributed by atoms with E-state index in [-0.39, 0.29) is 0 Å². The fourth-order valence-corrected chi connectivity index (χ4v) is 4.68. The second-order valence-corrected chi connectivity index (χ2v) is 5.99. The number of hydrogen-bond donors (Lipinski definition) is 0. The van der Waals surface area contributed by atoms with Crippen molar-refractivity contribution >= 4 is 31.9 Å². The fourth-order valence-electron chi connectivity index (χ4n) is 2.74. The molecule has 1 saturated carbocycles. The van der Waals surface area contributed by atoms with Gasteiger partial charge in [-0.1, -0.05) is 70.9 Å². The van der Waals surface area contributed by atoms with Crippen molar-refractivity contribution in [3.63, 3.8) is 0 Å². The molecule has 0 aromatic carbocycles. The van der Waals surface area contributed by atoms with E-state index in [1.165, 1.54) is 44.9 Å². The predicted molar refractivity (Wildman–Crippen MR) is 71.5 cm³/mol. The van der Waals surface area contributed by atoms with Crippen LogP contribution < -0.4 is 0 Å². The highest BCUT2D eigenvalue weighted by Gasteiger charge is 2.31. The highest BCUT2D eigenvalue weighted by molar-refractivity contribution is 9.09. The van der Waals surface area contributed by atoms with E-state index in [2.05, 4.69) is 38.8 Å². The topological polar surface area (TPSA) is 0 Å². The van der Waals surface area contributed by atoms with Crippen molar-refractivity contribution in [2.75, 3.05) is 10.7 Å². The highest BCUT2D eigenvalue weighted by Crippen LogP contribution is 2.41. The van der Waals surface area contributed by atoms with Gasteiger partial charge in [0.15, 0.2) is 0 Å². The Morgan fingerprint density at radius 1 is 1.14 bits per heavy atom. The zero-order valence-corrected chi connectivity index (χ0v) is 12.4. The molecule has 0 saturated heterocycles. The maximum absolute atomic E-state index is 3.71. The molecule has 0 atom stereocenters. The number of rotatable bonds is 6. The minimum absolute atomic E-state index is 0.532. The molecule has 0 spiro atoms. The summed E-state index contributed by atoms with van der Waals surface area (Å²) in [4.78, 5) is 0. The fraction of sp³-hybridized carbons (Fsp3) is 1.00. The summed E-state index contributed by atoms with van der Waals surface area (Å²) in [5.74, 6) is 1.01. The molecule has 0 amide bonds. The van der Waals surface area contributed by atoms with Crippen LogP contribution in [0.15, 0.2) is 0 Å². The van der Waals surface area contributed by atoms with Gasteiger partial charge in [0.25, 0.3) is 0 Å². The lowest BCUT2D eigenvalue weighted by molar-refractivity contribution is 0.264.